The van der Waals surface area contributed by atoms with Gasteiger partial charge in [-0.1, -0.05) is 30.3 Å². The van der Waals surface area contributed by atoms with Crippen molar-refractivity contribution in [3.63, 3.8) is 0 Å². The summed E-state index contributed by atoms with van der Waals surface area (Å²) in [5.74, 6) is -0.356. The number of benzene rings is 2. The van der Waals surface area contributed by atoms with Crippen LogP contribution >= 0.6 is 0 Å². The van der Waals surface area contributed by atoms with Crippen LogP contribution < -0.4 is 15.1 Å². The van der Waals surface area contributed by atoms with Crippen molar-refractivity contribution in [2.45, 2.75) is 24.9 Å². The number of likely N-dealkylation sites (N-methyl/N-ethyl adjacent to an activating group) is 1. The predicted molar refractivity (Wildman–Crippen MR) is 101 cm³/mol. The minimum atomic E-state index is -0.306. The van der Waals surface area contributed by atoms with Crippen molar-refractivity contribution in [1.29, 1.82) is 0 Å². The van der Waals surface area contributed by atoms with Gasteiger partial charge in [-0.25, -0.2) is 4.39 Å². The van der Waals surface area contributed by atoms with Crippen molar-refractivity contribution in [2.24, 2.45) is 0 Å². The van der Waals surface area contributed by atoms with Gasteiger partial charge in [0.2, 0.25) is 0 Å². The number of quaternary nitrogens is 2. The number of likely N-dealkylation sites (tertiary alicyclic amines) is 1. The molecule has 0 radical (unpaired) electrons. The van der Waals surface area contributed by atoms with Crippen molar-refractivity contribution in [3.05, 3.63) is 66.0 Å². The average Bonchev–Trinajstić information content (AvgIpc) is 2.65. The molecule has 5 heteroatoms. The molecule has 138 valence electrons. The van der Waals surface area contributed by atoms with Gasteiger partial charge in [-0.15, -0.1) is 0 Å². The molecule has 3 N–H and O–H groups in total. The lowest BCUT2D eigenvalue weighted by molar-refractivity contribution is -0.953. The molecular formula is C21H28FN3O+2. The number of piperidine rings is 1. The predicted octanol–water partition coefficient (Wildman–Crippen LogP) is 0.697. The van der Waals surface area contributed by atoms with Gasteiger partial charge < -0.3 is 15.1 Å². The molecule has 1 amide bonds. The van der Waals surface area contributed by atoms with Gasteiger partial charge in [0.25, 0.3) is 5.91 Å². The van der Waals surface area contributed by atoms with Gasteiger partial charge in [0, 0.05) is 24.1 Å². The number of hydrogen-bond acceptors (Lipinski definition) is 1. The van der Waals surface area contributed by atoms with E-state index in [0.717, 1.165) is 31.5 Å². The maximum atomic E-state index is 13.1. The van der Waals surface area contributed by atoms with Crippen LogP contribution in [0.2, 0.25) is 0 Å². The molecule has 0 saturated carbocycles. The zero-order valence-electron chi connectivity index (χ0n) is 15.5. The van der Waals surface area contributed by atoms with E-state index in [1.165, 1.54) is 17.0 Å². The third kappa shape index (κ3) is 4.48. The van der Waals surface area contributed by atoms with E-state index in [2.05, 4.69) is 19.4 Å². The van der Waals surface area contributed by atoms with Crippen LogP contribution in [0, 0.1) is 5.82 Å². The highest BCUT2D eigenvalue weighted by Crippen LogP contribution is 2.15. The lowest BCUT2D eigenvalue weighted by atomic mass is 9.98. The van der Waals surface area contributed by atoms with Crippen LogP contribution in [0.15, 0.2) is 54.6 Å². The molecule has 26 heavy (non-hydrogen) atoms. The van der Waals surface area contributed by atoms with Gasteiger partial charge in [-0.3, -0.25) is 4.79 Å². The molecule has 2 atom stereocenters. The van der Waals surface area contributed by atoms with Crippen LogP contribution in [-0.2, 0) is 4.79 Å². The second-order valence-corrected chi connectivity index (χ2v) is 7.32. The molecule has 4 nitrogen and oxygen atoms in total. The van der Waals surface area contributed by atoms with E-state index in [1.54, 1.807) is 17.0 Å². The zero-order chi connectivity index (χ0) is 18.5. The Kier molecular flexibility index (Phi) is 6.01. The normalized spacial score (nSPS) is 22.4. The van der Waals surface area contributed by atoms with E-state index in [0.29, 0.717) is 11.7 Å². The first-order valence-corrected chi connectivity index (χ1v) is 9.30. The molecule has 1 aliphatic heterocycles. The molecule has 3 rings (SSSR count). The highest BCUT2D eigenvalue weighted by molar-refractivity contribution is 5.94. The number of halogens is 1. The summed E-state index contributed by atoms with van der Waals surface area (Å²) in [6.45, 7) is 2.28. The molecule has 0 aromatic heterocycles. The summed E-state index contributed by atoms with van der Waals surface area (Å²) in [7, 11) is 4.34. The van der Waals surface area contributed by atoms with Gasteiger partial charge in [0.1, 0.15) is 5.82 Å². The Morgan fingerprint density at radius 2 is 1.73 bits per heavy atom. The fourth-order valence-corrected chi connectivity index (χ4v) is 3.82. The fraction of sp³-hybridized carbons (Fsp3) is 0.381. The quantitative estimate of drug-likeness (QED) is 0.724. The van der Waals surface area contributed by atoms with Crippen molar-refractivity contribution < 1.29 is 19.0 Å². The van der Waals surface area contributed by atoms with Crippen molar-refractivity contribution in [3.8, 4) is 0 Å². The highest BCUT2D eigenvalue weighted by atomic mass is 19.1. The second kappa shape index (κ2) is 8.43. The number of carbonyl (C=O) groups is 1. The highest BCUT2D eigenvalue weighted by Gasteiger charge is 2.36. The standard InChI is InChI=1S/C21H26FN3O/c1-24-14-12-19(13-15-24)25(2)20(16-6-4-3-5-7-16)21(26)23-18-10-8-17(22)9-11-18/h3-11,19-20H,12-15H2,1-2H3,(H,23,26)/p+2/t20-/m1/s1. The Morgan fingerprint density at radius 3 is 2.35 bits per heavy atom. The van der Waals surface area contributed by atoms with Gasteiger partial charge in [-0.2, -0.15) is 0 Å². The molecule has 1 unspecified atom stereocenters. The van der Waals surface area contributed by atoms with Crippen molar-refractivity contribution in [2.75, 3.05) is 32.5 Å². The number of carbonyl (C=O) groups excluding carboxylic acids is 1. The minimum absolute atomic E-state index is 0.0495. The molecule has 1 aliphatic rings. The molecule has 1 saturated heterocycles. The van der Waals surface area contributed by atoms with E-state index < -0.39 is 0 Å². The molecule has 1 heterocycles. The Balaban J connectivity index is 1.81. The number of anilines is 1. The van der Waals surface area contributed by atoms with Crippen LogP contribution in [0.25, 0.3) is 0 Å². The number of amides is 1. The Labute approximate surface area is 154 Å². The molecule has 2 aromatic rings. The van der Waals surface area contributed by atoms with Crippen LogP contribution in [0.3, 0.4) is 0 Å². The zero-order valence-corrected chi connectivity index (χ0v) is 15.5. The summed E-state index contributed by atoms with van der Waals surface area (Å²) in [5, 5.41) is 2.96. The number of nitrogens with one attached hydrogen (secondary N) is 3. The largest absolute Gasteiger partial charge is 0.337 e. The first-order valence-electron chi connectivity index (χ1n) is 9.30. The van der Waals surface area contributed by atoms with Crippen molar-refractivity contribution >= 4 is 11.6 Å². The van der Waals surface area contributed by atoms with Gasteiger partial charge in [0.15, 0.2) is 6.04 Å². The molecule has 0 aliphatic carbocycles. The maximum absolute atomic E-state index is 13.1. The first kappa shape index (κ1) is 18.5. The monoisotopic (exact) mass is 357 g/mol. The summed E-state index contributed by atoms with van der Waals surface area (Å²) in [6, 6.07) is 16.0. The van der Waals surface area contributed by atoms with E-state index in [-0.39, 0.29) is 17.8 Å². The SMILES string of the molecule is C[NH+]1CCC([NH+](C)[C@@H](C(=O)Nc2ccc(F)cc2)c2ccccc2)CC1. The molecule has 2 aromatic carbocycles. The second-order valence-electron chi connectivity index (χ2n) is 7.32. The lowest BCUT2D eigenvalue weighted by Gasteiger charge is -2.34. The first-order chi connectivity index (χ1) is 12.5. The Hall–Kier alpha value is -2.24. The third-order valence-corrected chi connectivity index (χ3v) is 5.45. The van der Waals surface area contributed by atoms with Crippen LogP contribution in [-0.4, -0.2) is 39.1 Å². The summed E-state index contributed by atoms with van der Waals surface area (Å²) in [5.41, 5.74) is 1.63. The van der Waals surface area contributed by atoms with Crippen LogP contribution in [0.4, 0.5) is 10.1 Å². The third-order valence-electron chi connectivity index (χ3n) is 5.45. The summed E-state index contributed by atoms with van der Waals surface area (Å²) < 4.78 is 13.1. The summed E-state index contributed by atoms with van der Waals surface area (Å²) in [4.78, 5) is 15.9. The van der Waals surface area contributed by atoms with Gasteiger partial charge >= 0.3 is 0 Å². The topological polar surface area (TPSA) is 38.0 Å². The lowest BCUT2D eigenvalue weighted by Crippen LogP contribution is -3.18. The van der Waals surface area contributed by atoms with E-state index in [4.69, 9.17) is 0 Å². The van der Waals surface area contributed by atoms with Crippen LogP contribution in [0.5, 0.6) is 0 Å². The van der Waals surface area contributed by atoms with Crippen molar-refractivity contribution in [1.82, 2.24) is 0 Å². The number of hydrogen-bond donors (Lipinski definition) is 3. The van der Waals surface area contributed by atoms with E-state index >= 15 is 0 Å². The smallest absolute Gasteiger partial charge is 0.287 e. The van der Waals surface area contributed by atoms with Gasteiger partial charge in [-0.05, 0) is 24.3 Å². The number of rotatable bonds is 5. The van der Waals surface area contributed by atoms with Crippen LogP contribution in [0.1, 0.15) is 24.4 Å². The Morgan fingerprint density at radius 1 is 1.12 bits per heavy atom. The molecule has 1 fully saturated rings. The Bertz CT molecular complexity index is 712. The van der Waals surface area contributed by atoms with E-state index in [1.807, 2.05) is 30.3 Å². The minimum Gasteiger partial charge on any atom is -0.337 e. The molecular weight excluding hydrogens is 329 g/mol. The summed E-state index contributed by atoms with van der Waals surface area (Å²) in [6.07, 6.45) is 2.23. The van der Waals surface area contributed by atoms with Gasteiger partial charge in [0.05, 0.1) is 33.2 Å². The molecule has 0 spiro atoms. The molecule has 0 bridgehead atoms. The summed E-state index contributed by atoms with van der Waals surface area (Å²) >= 11 is 0. The van der Waals surface area contributed by atoms with E-state index in [9.17, 15) is 9.18 Å². The maximum Gasteiger partial charge on any atom is 0.287 e. The average molecular weight is 357 g/mol. The fourth-order valence-electron chi connectivity index (χ4n) is 3.82.